The number of rotatable bonds is 0. The van der Waals surface area contributed by atoms with Crippen molar-refractivity contribution in [1.82, 2.24) is 9.80 Å². The predicted octanol–water partition coefficient (Wildman–Crippen LogP) is 3.91. The molecule has 2 saturated heterocycles. The van der Waals surface area contributed by atoms with Crippen molar-refractivity contribution in [3.05, 3.63) is 29.3 Å². The molecule has 4 heteroatoms. The van der Waals surface area contributed by atoms with E-state index in [1.54, 1.807) is 0 Å². The first-order chi connectivity index (χ1) is 11.9. The Labute approximate surface area is 150 Å². The van der Waals surface area contributed by atoms with Crippen molar-refractivity contribution >= 4 is 6.03 Å². The number of phenolic OH excluding ortho intramolecular Hbond substituents is 1. The zero-order chi connectivity index (χ0) is 17.8. The lowest BCUT2D eigenvalue weighted by Gasteiger charge is -2.61. The van der Waals surface area contributed by atoms with Crippen molar-refractivity contribution < 1.29 is 9.90 Å². The minimum absolute atomic E-state index is 0.0669. The summed E-state index contributed by atoms with van der Waals surface area (Å²) in [4.78, 5) is 17.4. The molecule has 2 bridgehead atoms. The molecule has 2 aliphatic heterocycles. The van der Waals surface area contributed by atoms with E-state index in [4.69, 9.17) is 0 Å². The number of nitrogens with zero attached hydrogens (tertiary/aromatic N) is 2. The molecule has 2 unspecified atom stereocenters. The molecule has 1 aromatic rings. The summed E-state index contributed by atoms with van der Waals surface area (Å²) < 4.78 is 0. The normalized spacial score (nSPS) is 30.8. The highest BCUT2D eigenvalue weighted by atomic mass is 16.3. The molecule has 1 aliphatic carbocycles. The molecule has 25 heavy (non-hydrogen) atoms. The molecule has 2 heterocycles. The number of hydrogen-bond donors (Lipinski definition) is 1. The number of hydrogen-bond acceptors (Lipinski definition) is 2. The van der Waals surface area contributed by atoms with Gasteiger partial charge in [-0.3, -0.25) is 0 Å². The molecular formula is C21H30N2O2. The van der Waals surface area contributed by atoms with Gasteiger partial charge in [0.25, 0.3) is 0 Å². The smallest absolute Gasteiger partial charge is 0.320 e. The zero-order valence-corrected chi connectivity index (χ0v) is 15.7. The minimum atomic E-state index is -0.102. The van der Waals surface area contributed by atoms with Crippen molar-refractivity contribution in [3.63, 3.8) is 0 Å². The minimum Gasteiger partial charge on any atom is -0.508 e. The lowest BCUT2D eigenvalue weighted by molar-refractivity contribution is -0.0252. The largest absolute Gasteiger partial charge is 0.508 e. The number of fused-ring (bicyclic) bond motifs is 4. The number of carbonyl (C=O) groups excluding carboxylic acids is 1. The van der Waals surface area contributed by atoms with Crippen LogP contribution in [0.2, 0.25) is 0 Å². The Balaban J connectivity index is 1.72. The molecule has 0 radical (unpaired) electrons. The van der Waals surface area contributed by atoms with Crippen LogP contribution in [0, 0.1) is 5.41 Å². The van der Waals surface area contributed by atoms with E-state index in [1.807, 2.05) is 12.1 Å². The van der Waals surface area contributed by atoms with Gasteiger partial charge in [-0.1, -0.05) is 32.9 Å². The summed E-state index contributed by atoms with van der Waals surface area (Å²) in [5.74, 6) is 0.419. The summed E-state index contributed by atoms with van der Waals surface area (Å²) in [5.41, 5.74) is 2.15. The molecular weight excluding hydrogens is 312 g/mol. The fraction of sp³-hybridized carbons (Fsp3) is 0.667. The number of benzene rings is 1. The molecule has 2 atom stereocenters. The highest BCUT2D eigenvalue weighted by Crippen LogP contribution is 2.58. The van der Waals surface area contributed by atoms with Crippen LogP contribution in [0.4, 0.5) is 4.79 Å². The lowest BCUT2D eigenvalue weighted by atomic mass is 9.51. The maximum Gasteiger partial charge on any atom is 0.320 e. The van der Waals surface area contributed by atoms with E-state index >= 15 is 0 Å². The average Bonchev–Trinajstić information content (AvgIpc) is 2.58. The third kappa shape index (κ3) is 2.29. The first-order valence-corrected chi connectivity index (χ1v) is 9.73. The molecule has 4 nitrogen and oxygen atoms in total. The molecule has 1 aromatic carbocycles. The van der Waals surface area contributed by atoms with Gasteiger partial charge >= 0.3 is 6.03 Å². The van der Waals surface area contributed by atoms with Gasteiger partial charge in [-0.15, -0.1) is 0 Å². The Kier molecular flexibility index (Phi) is 3.78. The summed E-state index contributed by atoms with van der Waals surface area (Å²) in [6.07, 6.45) is 5.24. The van der Waals surface area contributed by atoms with Gasteiger partial charge in [0.05, 0.1) is 0 Å². The van der Waals surface area contributed by atoms with Crippen molar-refractivity contribution in [2.45, 2.75) is 64.3 Å². The second-order valence-electron chi connectivity index (χ2n) is 8.86. The van der Waals surface area contributed by atoms with E-state index in [1.165, 1.54) is 12.0 Å². The molecule has 0 aromatic heterocycles. The topological polar surface area (TPSA) is 43.8 Å². The van der Waals surface area contributed by atoms with Gasteiger partial charge in [-0.25, -0.2) is 4.79 Å². The summed E-state index contributed by atoms with van der Waals surface area (Å²) >= 11 is 0. The number of aromatic hydroxyl groups is 1. The summed E-state index contributed by atoms with van der Waals surface area (Å²) in [6, 6.07) is 6.29. The Morgan fingerprint density at radius 2 is 1.84 bits per heavy atom. The third-order valence-electron chi connectivity index (χ3n) is 7.45. The van der Waals surface area contributed by atoms with Crippen LogP contribution in [0.15, 0.2) is 18.2 Å². The van der Waals surface area contributed by atoms with Crippen LogP contribution in [0.3, 0.4) is 0 Å². The van der Waals surface area contributed by atoms with Gasteiger partial charge in [0.2, 0.25) is 0 Å². The standard InChI is InChI=1S/C21H30N2O2/c1-20(2)17-14-15-8-7-9-16(24)18(15)21(20,3)10-13-23(17)19(25)22-11-5-4-6-12-22/h7-9,17,24H,4-6,10-14H2,1-3H3. The maximum absolute atomic E-state index is 13.2. The van der Waals surface area contributed by atoms with E-state index in [0.717, 1.165) is 50.9 Å². The monoisotopic (exact) mass is 342 g/mol. The van der Waals surface area contributed by atoms with Gasteiger partial charge in [0.1, 0.15) is 5.75 Å². The van der Waals surface area contributed by atoms with Crippen LogP contribution in [0.25, 0.3) is 0 Å². The van der Waals surface area contributed by atoms with Gasteiger partial charge in [0.15, 0.2) is 0 Å². The molecule has 2 amide bonds. The summed E-state index contributed by atoms with van der Waals surface area (Å²) in [7, 11) is 0. The van der Waals surface area contributed by atoms with E-state index in [2.05, 4.69) is 36.6 Å². The Morgan fingerprint density at radius 1 is 1.12 bits per heavy atom. The molecule has 0 saturated carbocycles. The van der Waals surface area contributed by atoms with Gasteiger partial charge in [0, 0.05) is 36.7 Å². The first kappa shape index (κ1) is 16.7. The van der Waals surface area contributed by atoms with E-state index in [-0.39, 0.29) is 22.9 Å². The van der Waals surface area contributed by atoms with Crippen LogP contribution in [-0.4, -0.2) is 46.6 Å². The number of carbonyl (C=O) groups is 1. The second-order valence-corrected chi connectivity index (χ2v) is 8.86. The molecule has 3 aliphatic rings. The number of phenols is 1. The first-order valence-electron chi connectivity index (χ1n) is 9.73. The highest BCUT2D eigenvalue weighted by molar-refractivity contribution is 5.76. The number of amides is 2. The molecule has 0 spiro atoms. The number of piperidine rings is 2. The Bertz CT molecular complexity index is 693. The fourth-order valence-corrected chi connectivity index (χ4v) is 5.49. The van der Waals surface area contributed by atoms with Gasteiger partial charge in [-0.05, 0) is 49.1 Å². The molecule has 4 rings (SSSR count). The predicted molar refractivity (Wildman–Crippen MR) is 98.9 cm³/mol. The van der Waals surface area contributed by atoms with Crippen molar-refractivity contribution in [2.75, 3.05) is 19.6 Å². The Hall–Kier alpha value is -1.71. The zero-order valence-electron chi connectivity index (χ0n) is 15.7. The molecule has 1 N–H and O–H groups in total. The van der Waals surface area contributed by atoms with Gasteiger partial charge < -0.3 is 14.9 Å². The highest BCUT2D eigenvalue weighted by Gasteiger charge is 2.58. The van der Waals surface area contributed by atoms with Crippen molar-refractivity contribution in [1.29, 1.82) is 0 Å². The molecule has 2 fully saturated rings. The van der Waals surface area contributed by atoms with E-state index < -0.39 is 0 Å². The fourth-order valence-electron chi connectivity index (χ4n) is 5.49. The van der Waals surface area contributed by atoms with Crippen LogP contribution in [-0.2, 0) is 11.8 Å². The van der Waals surface area contributed by atoms with Crippen molar-refractivity contribution in [2.24, 2.45) is 5.41 Å². The average molecular weight is 342 g/mol. The lowest BCUT2D eigenvalue weighted by Crippen LogP contribution is -2.66. The van der Waals surface area contributed by atoms with E-state index in [0.29, 0.717) is 5.75 Å². The number of likely N-dealkylation sites (tertiary alicyclic amines) is 2. The van der Waals surface area contributed by atoms with Crippen LogP contribution >= 0.6 is 0 Å². The summed E-state index contributed by atoms with van der Waals surface area (Å²) in [6.45, 7) is 9.42. The maximum atomic E-state index is 13.2. The Morgan fingerprint density at radius 3 is 2.56 bits per heavy atom. The SMILES string of the molecule is CC12CCN(C(=O)N3CCCCC3)C(Cc3cccc(O)c31)C2(C)C. The quantitative estimate of drug-likeness (QED) is 0.777. The van der Waals surface area contributed by atoms with E-state index in [9.17, 15) is 9.90 Å². The van der Waals surface area contributed by atoms with Crippen LogP contribution < -0.4 is 0 Å². The number of urea groups is 1. The third-order valence-corrected chi connectivity index (χ3v) is 7.45. The molecule has 136 valence electrons. The second kappa shape index (κ2) is 5.65. The van der Waals surface area contributed by atoms with Crippen LogP contribution in [0.1, 0.15) is 57.6 Å². The van der Waals surface area contributed by atoms with Crippen molar-refractivity contribution in [3.8, 4) is 5.75 Å². The van der Waals surface area contributed by atoms with Crippen LogP contribution in [0.5, 0.6) is 5.75 Å². The van der Waals surface area contributed by atoms with Gasteiger partial charge in [-0.2, -0.15) is 0 Å². The summed E-state index contributed by atoms with van der Waals surface area (Å²) in [5, 5.41) is 10.6.